The molecule has 6 nitrogen and oxygen atoms in total. The van der Waals surface area contributed by atoms with E-state index in [2.05, 4.69) is 10.1 Å². The van der Waals surface area contributed by atoms with Crippen molar-refractivity contribution in [2.24, 2.45) is 0 Å². The highest BCUT2D eigenvalue weighted by Gasteiger charge is 2.23. The van der Waals surface area contributed by atoms with E-state index in [-0.39, 0.29) is 6.54 Å². The predicted octanol–water partition coefficient (Wildman–Crippen LogP) is 4.13. The van der Waals surface area contributed by atoms with Crippen molar-refractivity contribution in [3.63, 3.8) is 0 Å². The van der Waals surface area contributed by atoms with Gasteiger partial charge < -0.3 is 4.52 Å². The summed E-state index contributed by atoms with van der Waals surface area (Å²) in [5.74, 6) is 0.762. The molecule has 0 atom stereocenters. The molecule has 0 saturated carbocycles. The van der Waals surface area contributed by atoms with E-state index in [0.29, 0.717) is 33.6 Å². The number of hydrogen-bond donors (Lipinski definition) is 0. The third-order valence-corrected chi connectivity index (χ3v) is 7.43. The topological polar surface area (TPSA) is 76.3 Å². The van der Waals surface area contributed by atoms with Crippen LogP contribution in [0.3, 0.4) is 0 Å². The van der Waals surface area contributed by atoms with Crippen LogP contribution in [0.1, 0.15) is 29.8 Å². The normalized spacial score (nSPS) is 14.2. The molecule has 0 unspecified atom stereocenters. The maximum atomic E-state index is 13.0. The lowest BCUT2D eigenvalue weighted by Crippen LogP contribution is -2.29. The van der Waals surface area contributed by atoms with Gasteiger partial charge >= 0.3 is 0 Å². The Bertz CT molecular complexity index is 1130. The number of hydrogen-bond acceptors (Lipinski definition) is 5. The number of likely N-dealkylation sites (N-methyl/N-ethyl adjacent to an activating group) is 1. The van der Waals surface area contributed by atoms with E-state index >= 15 is 0 Å². The van der Waals surface area contributed by atoms with Gasteiger partial charge in [0.25, 0.3) is 5.89 Å². The molecule has 0 amide bonds. The molecule has 1 aliphatic carbocycles. The number of fused-ring (bicyclic) bond motifs is 1. The van der Waals surface area contributed by atoms with Crippen LogP contribution in [-0.4, -0.2) is 36.5 Å². The Morgan fingerprint density at radius 1 is 1.10 bits per heavy atom. The van der Waals surface area contributed by atoms with E-state index in [4.69, 9.17) is 16.1 Å². The van der Waals surface area contributed by atoms with Crippen molar-refractivity contribution in [2.45, 2.75) is 37.0 Å². The number of sulfonamides is 1. The molecule has 0 radical (unpaired) electrons. The zero-order valence-corrected chi connectivity index (χ0v) is 17.7. The van der Waals surface area contributed by atoms with Crippen molar-refractivity contribution in [2.75, 3.05) is 13.6 Å². The molecule has 2 aromatic carbocycles. The SMILES string of the molecule is CN(CCc1noc(-c2ccccc2Cl)n1)S(=O)(=O)c1ccc2c(c1)CCCC2. The molecule has 4 rings (SSSR count). The lowest BCUT2D eigenvalue weighted by Gasteiger charge is -2.20. The second-order valence-electron chi connectivity index (χ2n) is 7.21. The van der Waals surface area contributed by atoms with Gasteiger partial charge in [-0.2, -0.15) is 4.98 Å². The van der Waals surface area contributed by atoms with E-state index in [1.807, 2.05) is 24.3 Å². The van der Waals surface area contributed by atoms with Crippen LogP contribution in [0, 0.1) is 0 Å². The Balaban J connectivity index is 1.45. The molecule has 1 heterocycles. The van der Waals surface area contributed by atoms with Crippen LogP contribution >= 0.6 is 11.6 Å². The Labute approximate surface area is 175 Å². The largest absolute Gasteiger partial charge is 0.334 e. The average Bonchev–Trinajstić information content (AvgIpc) is 3.20. The number of benzene rings is 2. The summed E-state index contributed by atoms with van der Waals surface area (Å²) in [6.45, 7) is 0.251. The zero-order chi connectivity index (χ0) is 20.4. The molecule has 0 spiro atoms. The molecule has 0 N–H and O–H groups in total. The Morgan fingerprint density at radius 2 is 1.86 bits per heavy atom. The maximum absolute atomic E-state index is 13.0. The first-order valence-electron chi connectivity index (χ1n) is 9.61. The van der Waals surface area contributed by atoms with Gasteiger partial charge in [0, 0.05) is 20.0 Å². The minimum atomic E-state index is -3.57. The number of aryl methyl sites for hydroxylation is 2. The molecule has 29 heavy (non-hydrogen) atoms. The van der Waals surface area contributed by atoms with Crippen LogP contribution in [-0.2, 0) is 29.3 Å². The van der Waals surface area contributed by atoms with Crippen LogP contribution in [0.5, 0.6) is 0 Å². The molecule has 1 aromatic heterocycles. The van der Waals surface area contributed by atoms with Crippen molar-refractivity contribution in [1.29, 1.82) is 0 Å². The van der Waals surface area contributed by atoms with Crippen molar-refractivity contribution >= 4 is 21.6 Å². The fourth-order valence-corrected chi connectivity index (χ4v) is 4.97. The van der Waals surface area contributed by atoms with E-state index in [9.17, 15) is 8.42 Å². The van der Waals surface area contributed by atoms with Gasteiger partial charge in [-0.05, 0) is 61.1 Å². The van der Waals surface area contributed by atoms with Crippen LogP contribution in [0.15, 0.2) is 51.9 Å². The van der Waals surface area contributed by atoms with E-state index in [0.717, 1.165) is 24.8 Å². The van der Waals surface area contributed by atoms with Gasteiger partial charge in [0.1, 0.15) is 0 Å². The molecule has 3 aromatic rings. The van der Waals surface area contributed by atoms with E-state index < -0.39 is 10.0 Å². The van der Waals surface area contributed by atoms with Crippen molar-refractivity contribution < 1.29 is 12.9 Å². The first kappa shape index (κ1) is 20.1. The molecular weight excluding hydrogens is 410 g/mol. The summed E-state index contributed by atoms with van der Waals surface area (Å²) < 4.78 is 32.5. The minimum Gasteiger partial charge on any atom is -0.334 e. The van der Waals surface area contributed by atoms with Gasteiger partial charge in [-0.1, -0.05) is 35.0 Å². The summed E-state index contributed by atoms with van der Waals surface area (Å²) in [5, 5.41) is 4.47. The zero-order valence-electron chi connectivity index (χ0n) is 16.1. The second-order valence-corrected chi connectivity index (χ2v) is 9.66. The lowest BCUT2D eigenvalue weighted by molar-refractivity contribution is 0.415. The van der Waals surface area contributed by atoms with Gasteiger partial charge in [0.2, 0.25) is 10.0 Å². The fraction of sp³-hybridized carbons (Fsp3) is 0.333. The molecule has 8 heteroatoms. The summed E-state index contributed by atoms with van der Waals surface area (Å²) in [4.78, 5) is 4.68. The average molecular weight is 432 g/mol. The summed E-state index contributed by atoms with van der Waals surface area (Å²) in [6.07, 6.45) is 4.58. The number of aromatic nitrogens is 2. The number of nitrogens with zero attached hydrogens (tertiary/aromatic N) is 3. The van der Waals surface area contributed by atoms with Crippen LogP contribution in [0.4, 0.5) is 0 Å². The Morgan fingerprint density at radius 3 is 2.66 bits per heavy atom. The van der Waals surface area contributed by atoms with Crippen molar-refractivity contribution in [1.82, 2.24) is 14.4 Å². The van der Waals surface area contributed by atoms with Gasteiger partial charge in [-0.25, -0.2) is 12.7 Å². The van der Waals surface area contributed by atoms with Crippen LogP contribution in [0.2, 0.25) is 5.02 Å². The summed E-state index contributed by atoms with van der Waals surface area (Å²) in [6, 6.07) is 12.7. The molecule has 1 aliphatic rings. The Hall–Kier alpha value is -2.22. The quantitative estimate of drug-likeness (QED) is 0.586. The summed E-state index contributed by atoms with van der Waals surface area (Å²) in [7, 11) is -2.00. The highest BCUT2D eigenvalue weighted by atomic mass is 35.5. The van der Waals surface area contributed by atoms with E-state index in [1.54, 1.807) is 25.2 Å². The van der Waals surface area contributed by atoms with E-state index in [1.165, 1.54) is 16.3 Å². The number of rotatable bonds is 6. The third kappa shape index (κ3) is 4.22. The molecule has 0 fully saturated rings. The van der Waals surface area contributed by atoms with Gasteiger partial charge in [0.05, 0.1) is 15.5 Å². The highest BCUT2D eigenvalue weighted by Crippen LogP contribution is 2.27. The molecule has 0 aliphatic heterocycles. The third-order valence-electron chi connectivity index (χ3n) is 5.25. The van der Waals surface area contributed by atoms with Crippen LogP contribution in [0.25, 0.3) is 11.5 Å². The standard InChI is InChI=1S/C21H22ClN3O3S/c1-25(29(26,27)17-11-10-15-6-2-3-7-16(15)14-17)13-12-20-23-21(28-24-20)18-8-4-5-9-19(18)22/h4-5,8-11,14H,2-3,6-7,12-13H2,1H3. The molecule has 0 saturated heterocycles. The first-order valence-corrected chi connectivity index (χ1v) is 11.4. The van der Waals surface area contributed by atoms with Gasteiger partial charge in [-0.3, -0.25) is 0 Å². The monoisotopic (exact) mass is 431 g/mol. The molecular formula is C21H22ClN3O3S. The van der Waals surface area contributed by atoms with Gasteiger partial charge in [-0.15, -0.1) is 0 Å². The smallest absolute Gasteiger partial charge is 0.259 e. The first-order chi connectivity index (χ1) is 13.9. The van der Waals surface area contributed by atoms with Crippen molar-refractivity contribution in [3.05, 3.63) is 64.4 Å². The molecule has 152 valence electrons. The fourth-order valence-electron chi connectivity index (χ4n) is 3.53. The van der Waals surface area contributed by atoms with Crippen molar-refractivity contribution in [3.8, 4) is 11.5 Å². The summed E-state index contributed by atoms with van der Waals surface area (Å²) in [5.41, 5.74) is 3.06. The lowest BCUT2D eigenvalue weighted by atomic mass is 9.92. The minimum absolute atomic E-state index is 0.251. The molecule has 0 bridgehead atoms. The van der Waals surface area contributed by atoms with Gasteiger partial charge in [0.15, 0.2) is 5.82 Å². The Kier molecular flexibility index (Phi) is 5.72. The van der Waals surface area contributed by atoms with Crippen LogP contribution < -0.4 is 0 Å². The predicted molar refractivity (Wildman–Crippen MR) is 111 cm³/mol. The number of halogens is 1. The maximum Gasteiger partial charge on any atom is 0.259 e. The highest BCUT2D eigenvalue weighted by molar-refractivity contribution is 7.89. The summed E-state index contributed by atoms with van der Waals surface area (Å²) >= 11 is 6.16. The second kappa shape index (κ2) is 8.26.